The number of unbranched alkanes of at least 4 members (excludes halogenated alkanes) is 36. The van der Waals surface area contributed by atoms with E-state index in [-0.39, 0.29) is 0 Å². The maximum atomic E-state index is 12.9. The molecule has 0 spiro atoms. The summed E-state index contributed by atoms with van der Waals surface area (Å²) in [5, 5.41) is 22.1. The number of carboxylic acids is 1. The Hall–Kier alpha value is -1.39. The van der Waals surface area contributed by atoms with Crippen LogP contribution in [0.5, 0.6) is 0 Å². The zero-order chi connectivity index (χ0) is 44.4. The summed E-state index contributed by atoms with van der Waals surface area (Å²) in [6.45, 7) is 7.25. The highest BCUT2D eigenvalue weighted by atomic mass is 16.5. The van der Waals surface area contributed by atoms with Crippen molar-refractivity contribution in [1.82, 2.24) is 0 Å². The second-order valence-corrected chi connectivity index (χ2v) is 18.9. The lowest BCUT2D eigenvalue weighted by molar-refractivity contribution is -0.187. The van der Waals surface area contributed by atoms with Gasteiger partial charge in [-0.25, -0.2) is 4.79 Å². The Morgan fingerprint density at radius 2 is 0.656 bits per heavy atom. The number of aliphatic hydroxyl groups is 1. The lowest BCUT2D eigenvalue weighted by Gasteiger charge is -2.34. The molecule has 0 aromatic heterocycles. The van der Waals surface area contributed by atoms with E-state index in [1.54, 1.807) is 0 Å². The van der Waals surface area contributed by atoms with Gasteiger partial charge in [0.05, 0.1) is 6.10 Å². The van der Waals surface area contributed by atoms with Gasteiger partial charge in [-0.05, 0) is 103 Å². The van der Waals surface area contributed by atoms with Crippen LogP contribution in [0, 0.1) is 0 Å². The summed E-state index contributed by atoms with van der Waals surface area (Å²) < 4.78 is 6.30. The molecule has 2 unspecified atom stereocenters. The average Bonchev–Trinajstić information content (AvgIpc) is 3.26. The molecule has 0 aliphatic carbocycles. The maximum absolute atomic E-state index is 12.9. The van der Waals surface area contributed by atoms with Crippen molar-refractivity contribution in [2.24, 2.45) is 0 Å². The normalized spacial score (nSPS) is 13.6. The standard InChI is InChI=1S/C57H108O4/c1-4-7-10-13-16-19-22-25-28-31-34-37-40-43-46-49-52-55(58)57(56(59)60,53-50-47-44-41-38-35-32-29-26-23-20-17-14-11-8-5-2)61-54-51-48-45-42-39-36-33-30-27-24-21-18-15-12-9-6-3/h25-30,55,58H,4-24,31-54H2,1-3H3,(H,59,60). The molecular weight excluding hydrogens is 749 g/mol. The number of hydrogen-bond acceptors (Lipinski definition) is 3. The van der Waals surface area contributed by atoms with Crippen molar-refractivity contribution in [3.63, 3.8) is 0 Å². The third-order valence-corrected chi connectivity index (χ3v) is 13.0. The number of hydrogen-bond donors (Lipinski definition) is 2. The number of aliphatic carboxylic acids is 1. The molecule has 0 rings (SSSR count). The number of aliphatic hydroxyl groups excluding tert-OH is 1. The smallest absolute Gasteiger partial charge is 0.338 e. The quantitative estimate of drug-likeness (QED) is 0.0472. The highest BCUT2D eigenvalue weighted by Crippen LogP contribution is 2.29. The summed E-state index contributed by atoms with van der Waals surface area (Å²) in [5.41, 5.74) is -1.48. The van der Waals surface area contributed by atoms with Crippen molar-refractivity contribution in [2.75, 3.05) is 6.61 Å². The van der Waals surface area contributed by atoms with Crippen LogP contribution in [0.1, 0.15) is 303 Å². The number of carbonyl (C=O) groups is 1. The van der Waals surface area contributed by atoms with Crippen LogP contribution in [0.3, 0.4) is 0 Å². The van der Waals surface area contributed by atoms with E-state index in [9.17, 15) is 15.0 Å². The Labute approximate surface area is 382 Å². The minimum Gasteiger partial charge on any atom is -0.479 e. The van der Waals surface area contributed by atoms with Gasteiger partial charge >= 0.3 is 5.97 Å². The number of rotatable bonds is 51. The zero-order valence-electron chi connectivity index (χ0n) is 41.6. The van der Waals surface area contributed by atoms with E-state index in [4.69, 9.17) is 4.74 Å². The number of carboxylic acid groups (broad SMARTS) is 1. The Morgan fingerprint density at radius 1 is 0.393 bits per heavy atom. The Morgan fingerprint density at radius 3 is 0.967 bits per heavy atom. The second-order valence-electron chi connectivity index (χ2n) is 18.9. The SMILES string of the molecule is CCCCCCCCC=CCCCCCCCCOC(CCCCCCCCC=CCCCCCCCC)(C(=O)O)C(O)CCCCCCCCC=CCCCCCCCC. The summed E-state index contributed by atoms with van der Waals surface area (Å²) in [6.07, 6.45) is 66.2. The second kappa shape index (κ2) is 49.6. The summed E-state index contributed by atoms with van der Waals surface area (Å²) in [7, 11) is 0. The van der Waals surface area contributed by atoms with Gasteiger partial charge in [0.25, 0.3) is 0 Å². The highest BCUT2D eigenvalue weighted by Gasteiger charge is 2.45. The van der Waals surface area contributed by atoms with E-state index in [2.05, 4.69) is 57.2 Å². The van der Waals surface area contributed by atoms with Crippen molar-refractivity contribution in [3.05, 3.63) is 36.5 Å². The molecule has 0 aliphatic rings. The first-order valence-corrected chi connectivity index (χ1v) is 27.6. The van der Waals surface area contributed by atoms with Gasteiger partial charge in [0.15, 0.2) is 5.60 Å². The van der Waals surface area contributed by atoms with Crippen LogP contribution in [-0.2, 0) is 9.53 Å². The minimum absolute atomic E-state index is 0.406. The van der Waals surface area contributed by atoms with Crippen molar-refractivity contribution in [1.29, 1.82) is 0 Å². The van der Waals surface area contributed by atoms with Crippen molar-refractivity contribution < 1.29 is 19.7 Å². The Balaban J connectivity index is 4.55. The van der Waals surface area contributed by atoms with Gasteiger partial charge in [-0.2, -0.15) is 0 Å². The van der Waals surface area contributed by atoms with E-state index in [0.29, 0.717) is 19.4 Å². The molecule has 360 valence electrons. The van der Waals surface area contributed by atoms with Gasteiger partial charge in [-0.15, -0.1) is 0 Å². The first kappa shape index (κ1) is 59.6. The molecule has 0 bridgehead atoms. The van der Waals surface area contributed by atoms with E-state index >= 15 is 0 Å². The summed E-state index contributed by atoms with van der Waals surface area (Å²) in [4.78, 5) is 12.9. The molecule has 0 aromatic rings. The van der Waals surface area contributed by atoms with Crippen LogP contribution >= 0.6 is 0 Å². The van der Waals surface area contributed by atoms with Crippen LogP contribution in [-0.4, -0.2) is 34.5 Å². The molecule has 0 saturated carbocycles. The first-order valence-electron chi connectivity index (χ1n) is 27.6. The molecule has 0 aromatic carbocycles. The van der Waals surface area contributed by atoms with Gasteiger partial charge in [-0.3, -0.25) is 0 Å². The first-order chi connectivity index (χ1) is 30.0. The van der Waals surface area contributed by atoms with Gasteiger partial charge in [0, 0.05) is 6.61 Å². The lowest BCUT2D eigenvalue weighted by atomic mass is 9.86. The maximum Gasteiger partial charge on any atom is 0.338 e. The molecule has 0 saturated heterocycles. The van der Waals surface area contributed by atoms with Crippen molar-refractivity contribution in [2.45, 2.75) is 315 Å². The van der Waals surface area contributed by atoms with E-state index < -0.39 is 17.7 Å². The van der Waals surface area contributed by atoms with Gasteiger partial charge in [0.2, 0.25) is 0 Å². The third kappa shape index (κ3) is 41.1. The molecular formula is C57H108O4. The summed E-state index contributed by atoms with van der Waals surface area (Å²) in [6, 6.07) is 0. The monoisotopic (exact) mass is 857 g/mol. The Bertz CT molecular complexity index is 955. The zero-order valence-corrected chi connectivity index (χ0v) is 41.6. The predicted octanol–water partition coefficient (Wildman–Crippen LogP) is 19.1. The molecule has 4 nitrogen and oxygen atoms in total. The highest BCUT2D eigenvalue weighted by molar-refractivity contribution is 5.78. The van der Waals surface area contributed by atoms with Crippen LogP contribution in [0.25, 0.3) is 0 Å². The molecule has 61 heavy (non-hydrogen) atoms. The predicted molar refractivity (Wildman–Crippen MR) is 270 cm³/mol. The molecule has 0 amide bonds. The van der Waals surface area contributed by atoms with Crippen LogP contribution in [0.2, 0.25) is 0 Å². The van der Waals surface area contributed by atoms with Crippen LogP contribution in [0.15, 0.2) is 36.5 Å². The molecule has 2 atom stereocenters. The third-order valence-electron chi connectivity index (χ3n) is 13.0. The van der Waals surface area contributed by atoms with Crippen LogP contribution in [0.4, 0.5) is 0 Å². The van der Waals surface area contributed by atoms with E-state index in [0.717, 1.165) is 57.8 Å². The fourth-order valence-electron chi connectivity index (χ4n) is 8.70. The van der Waals surface area contributed by atoms with E-state index in [1.165, 1.54) is 212 Å². The average molecular weight is 857 g/mol. The van der Waals surface area contributed by atoms with Gasteiger partial charge < -0.3 is 14.9 Å². The molecule has 0 fully saturated rings. The summed E-state index contributed by atoms with van der Waals surface area (Å²) >= 11 is 0. The van der Waals surface area contributed by atoms with Crippen LogP contribution < -0.4 is 0 Å². The molecule has 4 heteroatoms. The number of allylic oxidation sites excluding steroid dienone is 6. The Kier molecular flexibility index (Phi) is 48.5. The molecule has 2 N–H and O–H groups in total. The van der Waals surface area contributed by atoms with Gasteiger partial charge in [0.1, 0.15) is 0 Å². The van der Waals surface area contributed by atoms with Gasteiger partial charge in [-0.1, -0.05) is 237 Å². The summed E-state index contributed by atoms with van der Waals surface area (Å²) in [5.74, 6) is -0.971. The largest absolute Gasteiger partial charge is 0.479 e. The fraction of sp³-hybridized carbons (Fsp3) is 0.877. The van der Waals surface area contributed by atoms with Crippen molar-refractivity contribution >= 4 is 5.97 Å². The lowest BCUT2D eigenvalue weighted by Crippen LogP contribution is -2.52. The topological polar surface area (TPSA) is 66.8 Å². The fourth-order valence-corrected chi connectivity index (χ4v) is 8.70. The molecule has 0 radical (unpaired) electrons. The molecule has 0 aliphatic heterocycles. The minimum atomic E-state index is -1.48. The number of ether oxygens (including phenoxy) is 1. The molecule has 0 heterocycles. The van der Waals surface area contributed by atoms with E-state index in [1.807, 2.05) is 0 Å². The van der Waals surface area contributed by atoms with Crippen molar-refractivity contribution in [3.8, 4) is 0 Å².